The van der Waals surface area contributed by atoms with Gasteiger partial charge in [0.2, 0.25) is 5.76 Å². The summed E-state index contributed by atoms with van der Waals surface area (Å²) in [5, 5.41) is 0.770. The molecule has 1 atom stereocenters. The molecule has 1 aliphatic rings. The number of benzene rings is 2. The molecule has 5 nitrogen and oxygen atoms in total. The Hall–Kier alpha value is -2.96. The number of carbonyl (C=O) groups excluding carboxylic acids is 1. The van der Waals surface area contributed by atoms with Gasteiger partial charge in [0.25, 0.3) is 5.91 Å². The Kier molecular flexibility index (Phi) is 4.49. The van der Waals surface area contributed by atoms with Gasteiger partial charge in [-0.05, 0) is 54.4 Å². The molecule has 2 aromatic heterocycles. The normalized spacial score (nSPS) is 15.6. The molecule has 0 N–H and O–H groups in total. The van der Waals surface area contributed by atoms with Crippen LogP contribution in [0.15, 0.2) is 74.5 Å². The summed E-state index contributed by atoms with van der Waals surface area (Å²) in [6.07, 6.45) is 1.69. The van der Waals surface area contributed by atoms with E-state index in [9.17, 15) is 9.59 Å². The van der Waals surface area contributed by atoms with E-state index in [2.05, 4.69) is 20.9 Å². The molecule has 2 aromatic carbocycles. The summed E-state index contributed by atoms with van der Waals surface area (Å²) >= 11 is 9.54. The largest absolute Gasteiger partial charge is 0.450 e. The van der Waals surface area contributed by atoms with E-state index < -0.39 is 11.9 Å². The van der Waals surface area contributed by atoms with Crippen molar-refractivity contribution >= 4 is 50.2 Å². The summed E-state index contributed by atoms with van der Waals surface area (Å²) in [5.41, 5.74) is 2.09. The van der Waals surface area contributed by atoms with E-state index in [1.807, 2.05) is 37.3 Å². The average molecular weight is 482 g/mol. The van der Waals surface area contributed by atoms with Crippen LogP contribution in [0.2, 0.25) is 5.02 Å². The molecule has 0 radical (unpaired) electrons. The van der Waals surface area contributed by atoms with E-state index >= 15 is 0 Å². The number of pyridine rings is 1. The number of aryl methyl sites for hydroxylation is 1. The molecule has 4 aromatic rings. The lowest BCUT2D eigenvalue weighted by molar-refractivity contribution is 0.0970. The number of nitrogens with zero attached hydrogens (tertiary/aromatic N) is 2. The fourth-order valence-electron chi connectivity index (χ4n) is 3.74. The number of aromatic nitrogens is 1. The summed E-state index contributed by atoms with van der Waals surface area (Å²) in [4.78, 5) is 32.8. The van der Waals surface area contributed by atoms with E-state index in [4.69, 9.17) is 16.0 Å². The van der Waals surface area contributed by atoms with Gasteiger partial charge in [-0.1, -0.05) is 45.7 Å². The Labute approximate surface area is 185 Å². The molecule has 0 spiro atoms. The second-order valence-corrected chi connectivity index (χ2v) is 8.49. The van der Waals surface area contributed by atoms with Crippen molar-refractivity contribution in [2.45, 2.75) is 13.0 Å². The Morgan fingerprint density at radius 2 is 1.83 bits per heavy atom. The van der Waals surface area contributed by atoms with Crippen LogP contribution in [-0.4, -0.2) is 10.9 Å². The van der Waals surface area contributed by atoms with Crippen molar-refractivity contribution in [3.05, 3.63) is 103 Å². The molecule has 0 fully saturated rings. The topological polar surface area (TPSA) is 63.4 Å². The quantitative estimate of drug-likeness (QED) is 0.370. The highest BCUT2D eigenvalue weighted by molar-refractivity contribution is 9.10. The first-order chi connectivity index (χ1) is 14.4. The van der Waals surface area contributed by atoms with Crippen molar-refractivity contribution in [3.8, 4) is 0 Å². The van der Waals surface area contributed by atoms with E-state index in [0.717, 1.165) is 15.6 Å². The van der Waals surface area contributed by atoms with Crippen molar-refractivity contribution in [1.82, 2.24) is 4.98 Å². The first kappa shape index (κ1) is 19.0. The second kappa shape index (κ2) is 7.07. The number of anilines is 1. The van der Waals surface area contributed by atoms with Gasteiger partial charge in [-0.25, -0.2) is 4.98 Å². The van der Waals surface area contributed by atoms with Crippen LogP contribution in [0.5, 0.6) is 0 Å². The van der Waals surface area contributed by atoms with E-state index in [-0.39, 0.29) is 11.2 Å². The molecule has 1 amide bonds. The van der Waals surface area contributed by atoms with Gasteiger partial charge in [0.05, 0.1) is 17.0 Å². The number of rotatable bonds is 2. The molecule has 1 unspecified atom stereocenters. The predicted molar refractivity (Wildman–Crippen MR) is 119 cm³/mol. The van der Waals surface area contributed by atoms with Crippen molar-refractivity contribution in [2.75, 3.05) is 4.90 Å². The summed E-state index contributed by atoms with van der Waals surface area (Å²) in [7, 11) is 0. The monoisotopic (exact) mass is 480 g/mol. The van der Waals surface area contributed by atoms with Crippen LogP contribution in [0.25, 0.3) is 11.0 Å². The maximum Gasteiger partial charge on any atom is 0.296 e. The molecule has 30 heavy (non-hydrogen) atoms. The summed E-state index contributed by atoms with van der Waals surface area (Å²) in [5.74, 6) is 0.0831. The molecule has 7 heteroatoms. The third-order valence-corrected chi connectivity index (χ3v) is 5.92. The Morgan fingerprint density at radius 3 is 2.53 bits per heavy atom. The minimum Gasteiger partial charge on any atom is -0.450 e. The zero-order chi connectivity index (χ0) is 21.0. The summed E-state index contributed by atoms with van der Waals surface area (Å²) in [6.45, 7) is 1.92. The van der Waals surface area contributed by atoms with Crippen LogP contribution < -0.4 is 10.3 Å². The van der Waals surface area contributed by atoms with Gasteiger partial charge < -0.3 is 4.42 Å². The van der Waals surface area contributed by atoms with Crippen molar-refractivity contribution in [2.24, 2.45) is 0 Å². The third-order valence-electron chi connectivity index (χ3n) is 5.16. The number of fused-ring (bicyclic) bond motifs is 2. The highest BCUT2D eigenvalue weighted by atomic mass is 79.9. The first-order valence-electron chi connectivity index (χ1n) is 9.22. The van der Waals surface area contributed by atoms with Gasteiger partial charge >= 0.3 is 0 Å². The fourth-order valence-corrected chi connectivity index (χ4v) is 4.18. The third kappa shape index (κ3) is 2.95. The first-order valence-corrected chi connectivity index (χ1v) is 10.4. The van der Waals surface area contributed by atoms with Crippen molar-refractivity contribution in [3.63, 3.8) is 0 Å². The fraction of sp³-hybridized carbons (Fsp3) is 0.0870. The number of amides is 1. The predicted octanol–water partition coefficient (Wildman–Crippen LogP) is 5.66. The molecule has 0 aliphatic carbocycles. The smallest absolute Gasteiger partial charge is 0.296 e. The van der Waals surface area contributed by atoms with Gasteiger partial charge in [0.15, 0.2) is 5.43 Å². The van der Waals surface area contributed by atoms with Gasteiger partial charge in [-0.15, -0.1) is 0 Å². The number of hydrogen-bond donors (Lipinski definition) is 0. The molecular weight excluding hydrogens is 468 g/mol. The van der Waals surface area contributed by atoms with Crippen LogP contribution >= 0.6 is 27.5 Å². The highest BCUT2D eigenvalue weighted by Gasteiger charge is 2.44. The molecule has 3 heterocycles. The van der Waals surface area contributed by atoms with Crippen LogP contribution in [-0.2, 0) is 0 Å². The lowest BCUT2D eigenvalue weighted by Crippen LogP contribution is -2.30. The van der Waals surface area contributed by atoms with E-state index in [1.165, 1.54) is 4.90 Å². The number of hydrogen-bond acceptors (Lipinski definition) is 4. The van der Waals surface area contributed by atoms with Crippen molar-refractivity contribution in [1.29, 1.82) is 0 Å². The van der Waals surface area contributed by atoms with Crippen LogP contribution in [0.3, 0.4) is 0 Å². The SMILES string of the molecule is Cc1ccc(N2C(=O)c3oc4ccc(Cl)cc4c(=O)c3C2c2ccc(Br)cc2)nc1. The number of halogens is 2. The molecule has 0 bridgehead atoms. The Bertz CT molecular complexity index is 1360. The second-order valence-electron chi connectivity index (χ2n) is 7.14. The average Bonchev–Trinajstić information content (AvgIpc) is 3.03. The Morgan fingerprint density at radius 1 is 1.07 bits per heavy atom. The van der Waals surface area contributed by atoms with Crippen LogP contribution in [0, 0.1) is 6.92 Å². The molecule has 0 saturated carbocycles. The molecule has 0 saturated heterocycles. The zero-order valence-electron chi connectivity index (χ0n) is 15.7. The maximum absolute atomic E-state index is 13.5. The Balaban J connectivity index is 1.81. The summed E-state index contributed by atoms with van der Waals surface area (Å²) < 4.78 is 6.81. The number of carbonyl (C=O) groups is 1. The molecule has 148 valence electrons. The van der Waals surface area contributed by atoms with Gasteiger partial charge in [0.1, 0.15) is 11.4 Å². The lowest BCUT2D eigenvalue weighted by atomic mass is 9.98. The highest BCUT2D eigenvalue weighted by Crippen LogP contribution is 2.40. The van der Waals surface area contributed by atoms with E-state index in [1.54, 1.807) is 30.5 Å². The molecular formula is C23H14BrClN2O3. The van der Waals surface area contributed by atoms with Crippen molar-refractivity contribution < 1.29 is 9.21 Å². The minimum absolute atomic E-state index is 0.0325. The maximum atomic E-state index is 13.5. The summed E-state index contributed by atoms with van der Waals surface area (Å²) in [6, 6.07) is 15.3. The van der Waals surface area contributed by atoms with Gasteiger partial charge in [-0.3, -0.25) is 14.5 Å². The van der Waals surface area contributed by atoms with E-state index in [0.29, 0.717) is 27.4 Å². The zero-order valence-corrected chi connectivity index (χ0v) is 18.1. The standard InChI is InChI=1S/C23H14BrClN2O3/c1-12-2-9-18(26-11-12)27-20(13-3-5-14(24)6-4-13)19-21(28)16-10-15(25)7-8-17(16)30-22(19)23(27)29/h2-11,20H,1H3. The van der Waals surface area contributed by atoms with Crippen LogP contribution in [0.1, 0.15) is 33.3 Å². The minimum atomic E-state index is -0.657. The molecule has 1 aliphatic heterocycles. The van der Waals surface area contributed by atoms with Crippen LogP contribution in [0.4, 0.5) is 5.82 Å². The molecule has 5 rings (SSSR count). The lowest BCUT2D eigenvalue weighted by Gasteiger charge is -2.24. The van der Waals surface area contributed by atoms with Gasteiger partial charge in [0, 0.05) is 15.7 Å². The van der Waals surface area contributed by atoms with Gasteiger partial charge in [-0.2, -0.15) is 0 Å².